The van der Waals surface area contributed by atoms with Gasteiger partial charge in [0.15, 0.2) is 0 Å². The summed E-state index contributed by atoms with van der Waals surface area (Å²) in [6.45, 7) is 3.76. The van der Waals surface area contributed by atoms with E-state index in [0.29, 0.717) is 0 Å². The molecule has 0 saturated heterocycles. The van der Waals surface area contributed by atoms with Gasteiger partial charge in [-0.25, -0.2) is 0 Å². The van der Waals surface area contributed by atoms with Crippen LogP contribution in [-0.4, -0.2) is 43.1 Å². The topological polar surface area (TPSA) is 172 Å². The summed E-state index contributed by atoms with van der Waals surface area (Å²) in [4.78, 5) is 9.35. The first kappa shape index (κ1) is 23.0. The third-order valence-electron chi connectivity index (χ3n) is 3.94. The van der Waals surface area contributed by atoms with Crippen LogP contribution in [0.3, 0.4) is 0 Å². The van der Waals surface area contributed by atoms with E-state index in [-0.39, 0.29) is 16.7 Å². The molecule has 2 aromatic rings. The smallest absolute Gasteiger partial charge is 0.320 e. The zero-order chi connectivity index (χ0) is 21.0. The molecule has 0 aliphatic rings. The Kier molecular flexibility index (Phi) is 7.46. The first-order chi connectivity index (χ1) is 12.3. The molecule has 0 fully saturated rings. The van der Waals surface area contributed by atoms with E-state index in [1.807, 2.05) is 13.8 Å². The number of hydrogen-bond acceptors (Lipinski definition) is 6. The average molecular weight is 419 g/mol. The summed E-state index contributed by atoms with van der Waals surface area (Å²) in [6, 6.07) is 6.83. The second-order valence-electron chi connectivity index (χ2n) is 5.81. The summed E-state index contributed by atoms with van der Waals surface area (Å²) in [5, 5.41) is 8.41. The minimum Gasteiger partial charge on any atom is -0.480 e. The molecule has 11 heteroatoms. The van der Waals surface area contributed by atoms with Crippen molar-refractivity contribution in [2.75, 3.05) is 0 Å². The lowest BCUT2D eigenvalue weighted by Gasteiger charge is -2.11. The zero-order valence-electron chi connectivity index (χ0n) is 14.6. The van der Waals surface area contributed by atoms with Crippen molar-refractivity contribution in [3.8, 4) is 0 Å². The summed E-state index contributed by atoms with van der Waals surface area (Å²) >= 11 is 0. The quantitative estimate of drug-likeness (QED) is 0.527. The van der Waals surface area contributed by atoms with Crippen LogP contribution in [0.1, 0.15) is 20.3 Å². The maximum atomic E-state index is 11.2. The molecule has 2 atom stereocenters. The second-order valence-corrected chi connectivity index (χ2v) is 8.59. The van der Waals surface area contributed by atoms with Crippen molar-refractivity contribution in [1.82, 2.24) is 0 Å². The number of carbonyl (C=O) groups is 1. The van der Waals surface area contributed by atoms with Gasteiger partial charge in [0.2, 0.25) is 0 Å². The van der Waals surface area contributed by atoms with Gasteiger partial charge in [-0.2, -0.15) is 16.8 Å². The van der Waals surface area contributed by atoms with Gasteiger partial charge in [-0.3, -0.25) is 13.9 Å². The van der Waals surface area contributed by atoms with Crippen molar-refractivity contribution in [3.05, 3.63) is 36.4 Å². The van der Waals surface area contributed by atoms with Crippen LogP contribution in [0.4, 0.5) is 0 Å². The molecule has 9 nitrogen and oxygen atoms in total. The Balaban J connectivity index is 0.000000345. The highest BCUT2D eigenvalue weighted by Crippen LogP contribution is 2.27. The van der Waals surface area contributed by atoms with Crippen LogP contribution in [0.2, 0.25) is 0 Å². The van der Waals surface area contributed by atoms with Gasteiger partial charge in [0.25, 0.3) is 20.2 Å². The Bertz CT molecular complexity index is 960. The van der Waals surface area contributed by atoms with Gasteiger partial charge in [-0.15, -0.1) is 0 Å². The number of benzene rings is 2. The Morgan fingerprint density at radius 1 is 0.963 bits per heavy atom. The molecule has 0 aromatic heterocycles. The van der Waals surface area contributed by atoms with Gasteiger partial charge >= 0.3 is 5.97 Å². The third-order valence-corrected chi connectivity index (χ3v) is 5.76. The fourth-order valence-corrected chi connectivity index (χ4v) is 3.61. The van der Waals surface area contributed by atoms with E-state index in [2.05, 4.69) is 0 Å². The first-order valence-corrected chi connectivity index (χ1v) is 10.6. The summed E-state index contributed by atoms with van der Waals surface area (Å²) in [6.07, 6.45) is 0.813. The van der Waals surface area contributed by atoms with Crippen molar-refractivity contribution in [1.29, 1.82) is 0 Å². The molecule has 2 aromatic carbocycles. The highest BCUT2D eigenvalue weighted by atomic mass is 32.2. The normalized spacial score (nSPS) is 14.1. The summed E-state index contributed by atoms with van der Waals surface area (Å²) in [5.74, 6) is -0.841. The summed E-state index contributed by atoms with van der Waals surface area (Å²) in [5.41, 5.74) is 5.27. The predicted octanol–water partition coefficient (Wildman–Crippen LogP) is 1.78. The van der Waals surface area contributed by atoms with Crippen molar-refractivity contribution in [2.24, 2.45) is 11.7 Å². The zero-order valence-corrected chi connectivity index (χ0v) is 16.2. The number of nitrogens with two attached hydrogens (primary N) is 1. The molecule has 0 radical (unpaired) electrons. The number of rotatable bonds is 5. The maximum Gasteiger partial charge on any atom is 0.320 e. The molecular formula is C16H21NO8S2. The average Bonchev–Trinajstić information content (AvgIpc) is 2.58. The molecule has 0 heterocycles. The second kappa shape index (κ2) is 8.76. The van der Waals surface area contributed by atoms with Crippen molar-refractivity contribution in [3.63, 3.8) is 0 Å². The first-order valence-electron chi connectivity index (χ1n) is 7.75. The molecule has 0 aliphatic carbocycles. The third kappa shape index (κ3) is 5.97. The monoisotopic (exact) mass is 419 g/mol. The highest BCUT2D eigenvalue weighted by Gasteiger charge is 2.19. The summed E-state index contributed by atoms with van der Waals surface area (Å²) < 4.78 is 62.7. The largest absolute Gasteiger partial charge is 0.480 e. The Labute approximate surface area is 157 Å². The lowest BCUT2D eigenvalue weighted by Crippen LogP contribution is -2.36. The van der Waals surface area contributed by atoms with Crippen molar-refractivity contribution in [2.45, 2.75) is 36.1 Å². The lowest BCUT2D eigenvalue weighted by molar-refractivity contribution is -0.139. The van der Waals surface area contributed by atoms with Crippen LogP contribution >= 0.6 is 0 Å². The lowest BCUT2D eigenvalue weighted by atomic mass is 10.0. The summed E-state index contributed by atoms with van der Waals surface area (Å²) in [7, 11) is -8.94. The Morgan fingerprint density at radius 2 is 1.33 bits per heavy atom. The minimum atomic E-state index is -4.47. The fourth-order valence-electron chi connectivity index (χ4n) is 2.20. The van der Waals surface area contributed by atoms with E-state index in [1.165, 1.54) is 24.3 Å². The van der Waals surface area contributed by atoms with Crippen LogP contribution in [0.25, 0.3) is 10.8 Å². The van der Waals surface area contributed by atoms with Crippen molar-refractivity contribution < 1.29 is 35.8 Å². The van der Waals surface area contributed by atoms with Crippen LogP contribution < -0.4 is 5.73 Å². The van der Waals surface area contributed by atoms with E-state index < -0.39 is 42.0 Å². The van der Waals surface area contributed by atoms with Gasteiger partial charge in [-0.05, 0) is 18.1 Å². The minimum absolute atomic E-state index is 0.0233. The van der Waals surface area contributed by atoms with E-state index >= 15 is 0 Å². The van der Waals surface area contributed by atoms with E-state index in [4.69, 9.17) is 19.9 Å². The molecular weight excluding hydrogens is 398 g/mol. The van der Waals surface area contributed by atoms with Crippen molar-refractivity contribution >= 4 is 37.0 Å². The molecule has 0 amide bonds. The molecule has 0 saturated carbocycles. The predicted molar refractivity (Wildman–Crippen MR) is 98.6 cm³/mol. The maximum absolute atomic E-state index is 11.2. The number of aliphatic carboxylic acids is 1. The molecule has 0 aliphatic heterocycles. The van der Waals surface area contributed by atoms with E-state index in [0.717, 1.165) is 18.6 Å². The van der Waals surface area contributed by atoms with Gasteiger partial charge < -0.3 is 10.8 Å². The number of carboxylic acid groups (broad SMARTS) is 1. The van der Waals surface area contributed by atoms with Crippen LogP contribution in [0.15, 0.2) is 46.2 Å². The molecule has 0 unspecified atom stereocenters. The van der Waals surface area contributed by atoms with Gasteiger partial charge in [0, 0.05) is 10.8 Å². The van der Waals surface area contributed by atoms with E-state index in [1.54, 1.807) is 0 Å². The molecule has 0 bridgehead atoms. The molecule has 150 valence electrons. The van der Waals surface area contributed by atoms with Crippen LogP contribution in [0.5, 0.6) is 0 Å². The van der Waals surface area contributed by atoms with Crippen LogP contribution in [0, 0.1) is 5.92 Å². The standard InChI is InChI=1S/C10H8O6S2.C6H13NO2/c11-17(12,13)9-5-1-3-7-8(9)4-2-6-10(7)18(14,15)16;1-3-4(2)5(7)6(8)9/h1-6H,(H,11,12,13)(H,14,15,16);4-5H,3,7H2,1-2H3,(H,8,9)/t;4-,5+/m.1/s1. The fraction of sp³-hybridized carbons (Fsp3) is 0.312. The SMILES string of the molecule is CC[C@@H](C)[C@H](N)C(=O)O.O=S(=O)(O)c1cccc2c(S(=O)(=O)O)cccc12. The van der Waals surface area contributed by atoms with Gasteiger partial charge in [0.1, 0.15) is 15.8 Å². The van der Waals surface area contributed by atoms with Gasteiger partial charge in [0.05, 0.1) is 0 Å². The molecule has 27 heavy (non-hydrogen) atoms. The van der Waals surface area contributed by atoms with Gasteiger partial charge in [-0.1, -0.05) is 44.5 Å². The molecule has 5 N–H and O–H groups in total. The number of hydrogen-bond donors (Lipinski definition) is 4. The molecule has 2 rings (SSSR count). The molecule has 0 spiro atoms. The number of fused-ring (bicyclic) bond motifs is 1. The Hall–Kier alpha value is -2.05. The number of carboxylic acids is 1. The van der Waals surface area contributed by atoms with E-state index in [9.17, 15) is 21.6 Å². The Morgan fingerprint density at radius 3 is 1.56 bits per heavy atom. The highest BCUT2D eigenvalue weighted by molar-refractivity contribution is 7.86. The van der Waals surface area contributed by atoms with Crippen LogP contribution in [-0.2, 0) is 25.0 Å².